The minimum atomic E-state index is -0.375. The SMILES string of the molecule is COc1cc2c(Nc3ccc(Br)c(F)c3)ncnc2c(OC)c1OC. The quantitative estimate of drug-likeness (QED) is 0.679. The number of benzene rings is 2. The molecule has 2 aromatic carbocycles. The van der Waals surface area contributed by atoms with Crippen LogP contribution < -0.4 is 19.5 Å². The average Bonchev–Trinajstić information content (AvgIpc) is 2.63. The van der Waals surface area contributed by atoms with Gasteiger partial charge in [0.2, 0.25) is 5.75 Å². The van der Waals surface area contributed by atoms with Crippen molar-refractivity contribution in [3.63, 3.8) is 0 Å². The van der Waals surface area contributed by atoms with Gasteiger partial charge >= 0.3 is 0 Å². The highest BCUT2D eigenvalue weighted by atomic mass is 79.9. The molecule has 130 valence electrons. The van der Waals surface area contributed by atoms with Crippen molar-refractivity contribution in [2.24, 2.45) is 0 Å². The molecule has 0 aliphatic carbocycles. The van der Waals surface area contributed by atoms with Gasteiger partial charge in [-0.05, 0) is 40.2 Å². The number of anilines is 2. The van der Waals surface area contributed by atoms with E-state index in [0.717, 1.165) is 0 Å². The van der Waals surface area contributed by atoms with Crippen molar-refractivity contribution in [3.8, 4) is 17.2 Å². The van der Waals surface area contributed by atoms with Gasteiger partial charge in [-0.15, -0.1) is 0 Å². The van der Waals surface area contributed by atoms with Crippen LogP contribution >= 0.6 is 15.9 Å². The third-order valence-corrected chi connectivity index (χ3v) is 4.26. The van der Waals surface area contributed by atoms with Crippen LogP contribution in [0.25, 0.3) is 10.9 Å². The van der Waals surface area contributed by atoms with Crippen molar-refractivity contribution in [2.75, 3.05) is 26.6 Å². The summed E-state index contributed by atoms with van der Waals surface area (Å²) in [7, 11) is 4.58. The van der Waals surface area contributed by atoms with Crippen molar-refractivity contribution in [2.45, 2.75) is 0 Å². The van der Waals surface area contributed by atoms with E-state index in [1.54, 1.807) is 18.2 Å². The smallest absolute Gasteiger partial charge is 0.205 e. The summed E-state index contributed by atoms with van der Waals surface area (Å²) in [5, 5.41) is 3.74. The Morgan fingerprint density at radius 3 is 2.40 bits per heavy atom. The van der Waals surface area contributed by atoms with Crippen molar-refractivity contribution in [1.82, 2.24) is 9.97 Å². The van der Waals surface area contributed by atoms with Gasteiger partial charge in [0.25, 0.3) is 0 Å². The normalized spacial score (nSPS) is 10.6. The molecule has 25 heavy (non-hydrogen) atoms. The predicted octanol–water partition coefficient (Wildman–Crippen LogP) is 4.30. The molecule has 3 rings (SSSR count). The fraction of sp³-hybridized carbons (Fsp3) is 0.176. The summed E-state index contributed by atoms with van der Waals surface area (Å²) >= 11 is 3.13. The predicted molar refractivity (Wildman–Crippen MR) is 96.6 cm³/mol. The van der Waals surface area contributed by atoms with E-state index in [4.69, 9.17) is 14.2 Å². The van der Waals surface area contributed by atoms with Gasteiger partial charge in [0.1, 0.15) is 23.5 Å². The molecular weight excluding hydrogens is 393 g/mol. The van der Waals surface area contributed by atoms with Crippen LogP contribution in [-0.2, 0) is 0 Å². The Labute approximate surface area is 152 Å². The molecule has 0 aliphatic heterocycles. The Bertz CT molecular complexity index is 937. The zero-order chi connectivity index (χ0) is 18.0. The third-order valence-electron chi connectivity index (χ3n) is 3.61. The molecule has 0 amide bonds. The summed E-state index contributed by atoms with van der Waals surface area (Å²) < 4.78 is 30.3. The molecule has 6 nitrogen and oxygen atoms in total. The summed E-state index contributed by atoms with van der Waals surface area (Å²) in [4.78, 5) is 8.53. The number of hydrogen-bond acceptors (Lipinski definition) is 6. The fourth-order valence-electron chi connectivity index (χ4n) is 2.47. The van der Waals surface area contributed by atoms with Crippen LogP contribution in [0.5, 0.6) is 17.2 Å². The number of ether oxygens (including phenoxy) is 3. The number of hydrogen-bond donors (Lipinski definition) is 1. The van der Waals surface area contributed by atoms with Crippen LogP contribution in [0.1, 0.15) is 0 Å². The van der Waals surface area contributed by atoms with E-state index in [0.29, 0.717) is 44.1 Å². The van der Waals surface area contributed by atoms with Gasteiger partial charge in [-0.2, -0.15) is 0 Å². The standard InChI is InChI=1S/C17H15BrFN3O3/c1-23-13-7-10-14(16(25-3)15(13)24-2)20-8-21-17(10)22-9-4-5-11(18)12(19)6-9/h4-8H,1-3H3,(H,20,21,22). The van der Waals surface area contributed by atoms with E-state index in [2.05, 4.69) is 31.2 Å². The lowest BCUT2D eigenvalue weighted by molar-refractivity contribution is 0.327. The molecule has 0 saturated carbocycles. The summed E-state index contributed by atoms with van der Waals surface area (Å²) in [6, 6.07) is 6.47. The van der Waals surface area contributed by atoms with Crippen molar-refractivity contribution in [1.29, 1.82) is 0 Å². The third kappa shape index (κ3) is 3.17. The Hall–Kier alpha value is -2.61. The molecule has 1 heterocycles. The van der Waals surface area contributed by atoms with Crippen LogP contribution in [-0.4, -0.2) is 31.3 Å². The first-order valence-corrected chi connectivity index (χ1v) is 8.04. The maximum absolute atomic E-state index is 13.8. The maximum atomic E-state index is 13.8. The highest BCUT2D eigenvalue weighted by Gasteiger charge is 2.19. The van der Waals surface area contributed by atoms with Crippen molar-refractivity contribution in [3.05, 3.63) is 40.9 Å². The fourth-order valence-corrected chi connectivity index (χ4v) is 2.72. The average molecular weight is 408 g/mol. The lowest BCUT2D eigenvalue weighted by atomic mass is 10.1. The van der Waals surface area contributed by atoms with Crippen LogP contribution in [0.2, 0.25) is 0 Å². The molecule has 0 radical (unpaired) electrons. The molecule has 0 atom stereocenters. The Morgan fingerprint density at radius 1 is 1.00 bits per heavy atom. The lowest BCUT2D eigenvalue weighted by Crippen LogP contribution is -2.01. The summed E-state index contributed by atoms with van der Waals surface area (Å²) in [5.41, 5.74) is 1.10. The van der Waals surface area contributed by atoms with Gasteiger partial charge in [-0.3, -0.25) is 0 Å². The molecule has 0 saturated heterocycles. The second-order valence-corrected chi connectivity index (χ2v) is 5.87. The Kier molecular flexibility index (Phi) is 4.89. The van der Waals surface area contributed by atoms with Crippen LogP contribution in [0, 0.1) is 5.82 Å². The topological polar surface area (TPSA) is 65.5 Å². The van der Waals surface area contributed by atoms with E-state index in [1.165, 1.54) is 33.7 Å². The second kappa shape index (κ2) is 7.10. The van der Waals surface area contributed by atoms with Gasteiger partial charge in [0, 0.05) is 5.69 Å². The molecule has 1 aromatic heterocycles. The van der Waals surface area contributed by atoms with Crippen molar-refractivity contribution >= 4 is 38.3 Å². The summed E-state index contributed by atoms with van der Waals surface area (Å²) in [6.07, 6.45) is 1.40. The van der Waals surface area contributed by atoms with E-state index >= 15 is 0 Å². The first-order valence-electron chi connectivity index (χ1n) is 7.24. The number of aromatic nitrogens is 2. The zero-order valence-electron chi connectivity index (χ0n) is 13.8. The lowest BCUT2D eigenvalue weighted by Gasteiger charge is -2.16. The molecule has 8 heteroatoms. The molecule has 0 fully saturated rings. The number of halogens is 2. The van der Waals surface area contributed by atoms with E-state index < -0.39 is 0 Å². The van der Waals surface area contributed by atoms with E-state index in [-0.39, 0.29) is 5.82 Å². The summed E-state index contributed by atoms with van der Waals surface area (Å²) in [6.45, 7) is 0. The number of nitrogens with one attached hydrogen (secondary N) is 1. The van der Waals surface area contributed by atoms with Gasteiger partial charge < -0.3 is 19.5 Å². The molecule has 0 unspecified atom stereocenters. The molecule has 1 N–H and O–H groups in total. The highest BCUT2D eigenvalue weighted by molar-refractivity contribution is 9.10. The molecule has 0 bridgehead atoms. The maximum Gasteiger partial charge on any atom is 0.205 e. The molecule has 0 spiro atoms. The molecular formula is C17H15BrFN3O3. The largest absolute Gasteiger partial charge is 0.493 e. The van der Waals surface area contributed by atoms with Crippen LogP contribution in [0.15, 0.2) is 35.1 Å². The van der Waals surface area contributed by atoms with E-state index in [9.17, 15) is 4.39 Å². The number of rotatable bonds is 5. The van der Waals surface area contributed by atoms with Gasteiger partial charge in [0.15, 0.2) is 11.5 Å². The minimum absolute atomic E-state index is 0.375. The van der Waals surface area contributed by atoms with E-state index in [1.807, 2.05) is 0 Å². The van der Waals surface area contributed by atoms with Crippen LogP contribution in [0.3, 0.4) is 0 Å². The number of methoxy groups -OCH3 is 3. The first-order chi connectivity index (χ1) is 12.1. The molecule has 3 aromatic rings. The first kappa shape index (κ1) is 17.2. The zero-order valence-corrected chi connectivity index (χ0v) is 15.3. The Balaban J connectivity index is 2.17. The van der Waals surface area contributed by atoms with Gasteiger partial charge in [0.05, 0.1) is 31.2 Å². The monoisotopic (exact) mass is 407 g/mol. The Morgan fingerprint density at radius 2 is 1.76 bits per heavy atom. The van der Waals surface area contributed by atoms with Gasteiger partial charge in [-0.1, -0.05) is 0 Å². The molecule has 0 aliphatic rings. The highest BCUT2D eigenvalue weighted by Crippen LogP contribution is 2.44. The van der Waals surface area contributed by atoms with Crippen LogP contribution in [0.4, 0.5) is 15.9 Å². The van der Waals surface area contributed by atoms with Crippen molar-refractivity contribution < 1.29 is 18.6 Å². The van der Waals surface area contributed by atoms with Gasteiger partial charge in [-0.25, -0.2) is 14.4 Å². The number of fused-ring (bicyclic) bond motifs is 1. The number of nitrogens with zero attached hydrogens (tertiary/aromatic N) is 2. The second-order valence-electron chi connectivity index (χ2n) is 5.02. The summed E-state index contributed by atoms with van der Waals surface area (Å²) in [5.74, 6) is 1.47. The minimum Gasteiger partial charge on any atom is -0.493 e.